The number of rotatable bonds is 9. The fourth-order valence-corrected chi connectivity index (χ4v) is 5.04. The van der Waals surface area contributed by atoms with Crippen molar-refractivity contribution in [3.63, 3.8) is 0 Å². The van der Waals surface area contributed by atoms with E-state index in [9.17, 15) is 9.59 Å². The van der Waals surface area contributed by atoms with Crippen LogP contribution in [0, 0.1) is 5.92 Å². The number of carbonyl (C=O) groups is 2. The van der Waals surface area contributed by atoms with Gasteiger partial charge in [0.1, 0.15) is 11.7 Å². The molecule has 2 atom stereocenters. The van der Waals surface area contributed by atoms with Gasteiger partial charge < -0.3 is 19.3 Å². The Morgan fingerprint density at radius 3 is 2.29 bits per heavy atom. The van der Waals surface area contributed by atoms with Crippen molar-refractivity contribution in [2.45, 2.75) is 19.9 Å². The molecule has 2 unspecified atom stereocenters. The Hall–Kier alpha value is -3.16. The first kappa shape index (κ1) is 24.9. The number of amides is 1. The van der Waals surface area contributed by atoms with Gasteiger partial charge in [-0.2, -0.15) is 0 Å². The maximum absolute atomic E-state index is 13.7. The molecule has 0 aliphatic carbocycles. The number of hydrogen-bond acceptors (Lipinski definition) is 6. The van der Waals surface area contributed by atoms with Crippen molar-refractivity contribution in [3.8, 4) is 5.75 Å². The highest BCUT2D eigenvalue weighted by atomic mass is 16.5. The summed E-state index contributed by atoms with van der Waals surface area (Å²) in [5.74, 6) is -0.304. The summed E-state index contributed by atoms with van der Waals surface area (Å²) in [6.07, 6.45) is 1.61. The van der Waals surface area contributed by atoms with Crippen LogP contribution in [0.1, 0.15) is 25.5 Å². The van der Waals surface area contributed by atoms with Gasteiger partial charge in [-0.1, -0.05) is 30.3 Å². The SMILES string of the molecule is CCOc1ccc(C(C2C(=O)C=C(C)N(CCOC)C2=O)N2CCN(c3ccccc3)CC2)cc1. The number of methoxy groups -OCH3 is 1. The fourth-order valence-electron chi connectivity index (χ4n) is 5.04. The first-order valence-corrected chi connectivity index (χ1v) is 12.3. The zero-order chi connectivity index (χ0) is 24.8. The molecule has 0 N–H and O–H groups in total. The molecule has 7 nitrogen and oxygen atoms in total. The summed E-state index contributed by atoms with van der Waals surface area (Å²) >= 11 is 0. The summed E-state index contributed by atoms with van der Waals surface area (Å²) in [4.78, 5) is 33.4. The molecule has 0 radical (unpaired) electrons. The number of carbonyl (C=O) groups excluding carboxylic acids is 2. The molecule has 186 valence electrons. The van der Waals surface area contributed by atoms with Crippen molar-refractivity contribution < 1.29 is 19.1 Å². The molecule has 7 heteroatoms. The monoisotopic (exact) mass is 477 g/mol. The van der Waals surface area contributed by atoms with E-state index in [1.165, 1.54) is 5.69 Å². The van der Waals surface area contributed by atoms with Crippen molar-refractivity contribution in [2.75, 3.05) is 57.9 Å². The number of benzene rings is 2. The van der Waals surface area contributed by atoms with Crippen molar-refractivity contribution >= 4 is 17.4 Å². The van der Waals surface area contributed by atoms with Crippen molar-refractivity contribution in [1.82, 2.24) is 9.80 Å². The van der Waals surface area contributed by atoms with Crippen LogP contribution >= 0.6 is 0 Å². The summed E-state index contributed by atoms with van der Waals surface area (Å²) in [6, 6.07) is 17.8. The van der Waals surface area contributed by atoms with Crippen LogP contribution in [0.2, 0.25) is 0 Å². The van der Waals surface area contributed by atoms with Gasteiger partial charge >= 0.3 is 0 Å². The van der Waals surface area contributed by atoms with Crippen LogP contribution in [0.4, 0.5) is 5.69 Å². The molecule has 2 aliphatic heterocycles. The number of allylic oxidation sites excluding steroid dienone is 2. The number of para-hydroxylation sites is 1. The molecule has 4 rings (SSSR count). The van der Waals surface area contributed by atoms with Crippen LogP contribution in [0.25, 0.3) is 0 Å². The van der Waals surface area contributed by atoms with Gasteiger partial charge in [0.05, 0.1) is 19.3 Å². The smallest absolute Gasteiger partial charge is 0.239 e. The lowest BCUT2D eigenvalue weighted by Gasteiger charge is -2.44. The quantitative estimate of drug-likeness (QED) is 0.515. The minimum atomic E-state index is -0.795. The predicted molar refractivity (Wildman–Crippen MR) is 136 cm³/mol. The van der Waals surface area contributed by atoms with E-state index in [0.717, 1.165) is 37.5 Å². The topological polar surface area (TPSA) is 62.3 Å². The average molecular weight is 478 g/mol. The van der Waals surface area contributed by atoms with Crippen LogP contribution in [0.3, 0.4) is 0 Å². The minimum Gasteiger partial charge on any atom is -0.494 e. The zero-order valence-electron chi connectivity index (χ0n) is 20.9. The molecular formula is C28H35N3O4. The second kappa shape index (κ2) is 11.5. The van der Waals surface area contributed by atoms with Crippen molar-refractivity contribution in [2.24, 2.45) is 5.92 Å². The van der Waals surface area contributed by atoms with Crippen LogP contribution < -0.4 is 9.64 Å². The Morgan fingerprint density at radius 2 is 1.66 bits per heavy atom. The Morgan fingerprint density at radius 1 is 0.971 bits per heavy atom. The van der Waals surface area contributed by atoms with Gasteiger partial charge in [0, 0.05) is 57.3 Å². The molecular weight excluding hydrogens is 442 g/mol. The molecule has 1 saturated heterocycles. The lowest BCUT2D eigenvalue weighted by molar-refractivity contribution is -0.143. The number of nitrogens with zero attached hydrogens (tertiary/aromatic N) is 3. The zero-order valence-corrected chi connectivity index (χ0v) is 20.9. The van der Waals surface area contributed by atoms with Gasteiger partial charge in [-0.05, 0) is 43.7 Å². The van der Waals surface area contributed by atoms with Gasteiger partial charge in [0.2, 0.25) is 5.91 Å². The second-order valence-corrected chi connectivity index (χ2v) is 8.95. The van der Waals surface area contributed by atoms with Crippen LogP contribution in [0.5, 0.6) is 5.75 Å². The third kappa shape index (κ3) is 5.57. The molecule has 35 heavy (non-hydrogen) atoms. The molecule has 2 heterocycles. The van der Waals surface area contributed by atoms with E-state index in [2.05, 4.69) is 21.9 Å². The van der Waals surface area contributed by atoms with Gasteiger partial charge in [-0.25, -0.2) is 0 Å². The summed E-state index contributed by atoms with van der Waals surface area (Å²) < 4.78 is 10.8. The van der Waals surface area contributed by atoms with Crippen molar-refractivity contribution in [3.05, 3.63) is 71.9 Å². The van der Waals surface area contributed by atoms with E-state index in [4.69, 9.17) is 9.47 Å². The summed E-state index contributed by atoms with van der Waals surface area (Å²) in [5.41, 5.74) is 2.82. The lowest BCUT2D eigenvalue weighted by atomic mass is 9.84. The van der Waals surface area contributed by atoms with Gasteiger partial charge in [-0.3, -0.25) is 14.5 Å². The molecule has 2 aromatic carbocycles. The molecule has 0 bridgehead atoms. The molecule has 1 amide bonds. The Bertz CT molecular complexity index is 1030. The first-order chi connectivity index (χ1) is 17.0. The highest BCUT2D eigenvalue weighted by molar-refractivity contribution is 6.10. The molecule has 0 aromatic heterocycles. The van der Waals surface area contributed by atoms with E-state index in [1.54, 1.807) is 18.1 Å². The van der Waals surface area contributed by atoms with Gasteiger partial charge in [0.25, 0.3) is 0 Å². The summed E-state index contributed by atoms with van der Waals surface area (Å²) in [7, 11) is 1.62. The molecule has 2 aromatic rings. The van der Waals surface area contributed by atoms with Crippen LogP contribution in [-0.2, 0) is 14.3 Å². The molecule has 0 saturated carbocycles. The van der Waals surface area contributed by atoms with Crippen LogP contribution in [-0.4, -0.2) is 74.5 Å². The maximum Gasteiger partial charge on any atom is 0.239 e. The highest BCUT2D eigenvalue weighted by Gasteiger charge is 2.44. The third-order valence-electron chi connectivity index (χ3n) is 6.81. The Balaban J connectivity index is 1.63. The largest absolute Gasteiger partial charge is 0.494 e. The number of anilines is 1. The van der Waals surface area contributed by atoms with E-state index < -0.39 is 5.92 Å². The standard InChI is InChI=1S/C28H35N3O4/c1-4-35-24-12-10-22(11-13-24)27(26-25(32)20-21(2)31(28(26)33)18-19-34-3)30-16-14-29(15-17-30)23-8-6-5-7-9-23/h5-13,20,26-27H,4,14-19H2,1-3H3. The Labute approximate surface area is 207 Å². The minimum absolute atomic E-state index is 0.134. The molecule has 0 spiro atoms. The van der Waals surface area contributed by atoms with Gasteiger partial charge in [0.15, 0.2) is 5.78 Å². The second-order valence-electron chi connectivity index (χ2n) is 8.95. The summed E-state index contributed by atoms with van der Waals surface area (Å²) in [5, 5.41) is 0. The number of ketones is 1. The first-order valence-electron chi connectivity index (χ1n) is 12.3. The van der Waals surface area contributed by atoms with Crippen LogP contribution in [0.15, 0.2) is 66.4 Å². The van der Waals surface area contributed by atoms with E-state index in [1.807, 2.05) is 56.3 Å². The maximum atomic E-state index is 13.7. The molecule has 1 fully saturated rings. The normalized spacial score (nSPS) is 20.1. The van der Waals surface area contributed by atoms with Gasteiger partial charge in [-0.15, -0.1) is 0 Å². The van der Waals surface area contributed by atoms with E-state index in [0.29, 0.717) is 25.5 Å². The van der Waals surface area contributed by atoms with E-state index >= 15 is 0 Å². The molecule has 2 aliphatic rings. The van der Waals surface area contributed by atoms with E-state index in [-0.39, 0.29) is 17.7 Å². The number of hydrogen-bond donors (Lipinski definition) is 0. The predicted octanol–water partition coefficient (Wildman–Crippen LogP) is 3.53. The number of ether oxygens (including phenoxy) is 2. The lowest BCUT2D eigenvalue weighted by Crippen LogP contribution is -2.54. The summed E-state index contributed by atoms with van der Waals surface area (Å²) in [6.45, 7) is 8.36. The highest BCUT2D eigenvalue weighted by Crippen LogP contribution is 2.36. The average Bonchev–Trinajstić information content (AvgIpc) is 2.88. The number of piperazine rings is 1. The fraction of sp³-hybridized carbons (Fsp3) is 0.429. The van der Waals surface area contributed by atoms with Crippen molar-refractivity contribution in [1.29, 1.82) is 0 Å². The Kier molecular flexibility index (Phi) is 8.21. The third-order valence-corrected chi connectivity index (χ3v) is 6.81.